The third-order valence-electron chi connectivity index (χ3n) is 9.27. The molecule has 5 atom stereocenters. The Kier molecular flexibility index (Phi) is 39.3. The Labute approximate surface area is 377 Å². The van der Waals surface area contributed by atoms with Crippen molar-refractivity contribution >= 4 is 27.6 Å². The fourth-order valence-corrected chi connectivity index (χ4v) is 6.95. The minimum atomic E-state index is -4.89. The van der Waals surface area contributed by atoms with Crippen LogP contribution < -0.4 is 0 Å². The highest BCUT2D eigenvalue weighted by atomic mass is 31.2. The maximum atomic E-state index is 12.7. The van der Waals surface area contributed by atoms with Crippen LogP contribution in [-0.2, 0) is 41.8 Å². The number of phosphoric ester groups is 2. The molecule has 0 saturated heterocycles. The van der Waals surface area contributed by atoms with Crippen LogP contribution in [0.5, 0.6) is 0 Å². The summed E-state index contributed by atoms with van der Waals surface area (Å²) in [6, 6.07) is 0. The van der Waals surface area contributed by atoms with Crippen LogP contribution in [0.1, 0.15) is 155 Å². The zero-order chi connectivity index (χ0) is 46.9. The first kappa shape index (κ1) is 60.5. The maximum absolute atomic E-state index is 12.7. The highest BCUT2D eigenvalue weighted by Gasteiger charge is 2.28. The number of carbonyl (C=O) groups excluding carboxylic acids is 2. The van der Waals surface area contributed by atoms with Gasteiger partial charge >= 0.3 is 27.6 Å². The van der Waals surface area contributed by atoms with Gasteiger partial charge in [0.2, 0.25) is 0 Å². The van der Waals surface area contributed by atoms with Crippen molar-refractivity contribution in [2.75, 3.05) is 26.4 Å². The lowest BCUT2D eigenvalue weighted by Gasteiger charge is -2.20. The number of aliphatic hydroxyl groups is 3. The van der Waals surface area contributed by atoms with E-state index in [-0.39, 0.29) is 12.8 Å². The molecule has 0 radical (unpaired) electrons. The van der Waals surface area contributed by atoms with Gasteiger partial charge in [0.1, 0.15) is 12.7 Å². The van der Waals surface area contributed by atoms with Gasteiger partial charge < -0.3 is 39.5 Å². The third kappa shape index (κ3) is 44.5. The molecule has 0 spiro atoms. The number of hydrogen-bond donors (Lipinski definition) is 6. The average Bonchev–Trinajstić information content (AvgIpc) is 3.23. The second-order valence-corrected chi connectivity index (χ2v) is 18.0. The van der Waals surface area contributed by atoms with E-state index in [1.807, 2.05) is 37.3 Å². The summed E-state index contributed by atoms with van der Waals surface area (Å²) in [7, 11) is -9.76. The van der Waals surface area contributed by atoms with E-state index in [1.165, 1.54) is 70.6 Å². The van der Waals surface area contributed by atoms with Gasteiger partial charge in [0.15, 0.2) is 6.10 Å². The zero-order valence-electron chi connectivity index (χ0n) is 37.9. The van der Waals surface area contributed by atoms with Crippen molar-refractivity contribution in [2.24, 2.45) is 0 Å². The van der Waals surface area contributed by atoms with Gasteiger partial charge in [0.05, 0.1) is 32.0 Å². The first-order chi connectivity index (χ1) is 30.2. The Bertz CT molecular complexity index is 1420. The Hall–Kier alpha value is -2.52. The van der Waals surface area contributed by atoms with Gasteiger partial charge in [-0.15, -0.1) is 0 Å². The van der Waals surface area contributed by atoms with Crippen molar-refractivity contribution in [3.8, 4) is 0 Å². The van der Waals surface area contributed by atoms with E-state index >= 15 is 0 Å². The van der Waals surface area contributed by atoms with Crippen LogP contribution in [0.25, 0.3) is 0 Å². The van der Waals surface area contributed by atoms with E-state index in [4.69, 9.17) is 23.8 Å². The largest absolute Gasteiger partial charge is 0.472 e. The van der Waals surface area contributed by atoms with E-state index in [9.17, 15) is 38.9 Å². The first-order valence-corrected chi connectivity index (χ1v) is 25.9. The predicted octanol–water partition coefficient (Wildman–Crippen LogP) is 9.73. The normalized spacial score (nSPS) is 15.6. The Morgan fingerprint density at radius 1 is 0.556 bits per heavy atom. The molecule has 0 fully saturated rings. The number of esters is 2. The van der Waals surface area contributed by atoms with Crippen molar-refractivity contribution in [3.05, 3.63) is 72.9 Å². The summed E-state index contributed by atoms with van der Waals surface area (Å²) in [5.41, 5.74) is 0. The monoisotopic (exact) mass is 934 g/mol. The summed E-state index contributed by atoms with van der Waals surface area (Å²) in [4.78, 5) is 52.7. The standard InChI is InChI=1S/C46H80O15P2/c1-3-5-7-8-9-10-11-12-13-14-15-16-20-23-29-35-45(50)57-39-44(40-60-63(55,56)59-38-43(49)37-58-62(52,53)54)61-46(51)36-30-24-28-34-42(48)33-27-22-19-17-18-21-26-32-41(47)31-25-6-4-2/h6,18-19,21-22,25-28,32-34,41-44,47-49H,3-5,7-17,20,23-24,29-31,35-40H2,1-2H3,(H,55,56)(H2,52,53,54)/b21-18-,22-19-,25-6-,32-26+,33-27+,34-28-/t41-,42-,43-,44+/m0/s1. The lowest BCUT2D eigenvalue weighted by Crippen LogP contribution is -2.29. The summed E-state index contributed by atoms with van der Waals surface area (Å²) in [5.74, 6) is -1.21. The number of rotatable bonds is 42. The number of unbranched alkanes of at least 4 members (excludes halogenated alkanes) is 15. The van der Waals surface area contributed by atoms with Crippen LogP contribution in [0.4, 0.5) is 0 Å². The van der Waals surface area contributed by atoms with Gasteiger partial charge in [0.25, 0.3) is 0 Å². The molecule has 1 unspecified atom stereocenters. The minimum Gasteiger partial charge on any atom is -0.462 e. The van der Waals surface area contributed by atoms with Crippen LogP contribution in [0.2, 0.25) is 0 Å². The molecule has 0 aliphatic heterocycles. The number of phosphoric acid groups is 2. The maximum Gasteiger partial charge on any atom is 0.472 e. The summed E-state index contributed by atoms with van der Waals surface area (Å²) in [6.45, 7) is 1.36. The predicted molar refractivity (Wildman–Crippen MR) is 246 cm³/mol. The lowest BCUT2D eigenvalue weighted by atomic mass is 10.0. The number of aliphatic hydroxyl groups excluding tert-OH is 3. The smallest absolute Gasteiger partial charge is 0.462 e. The molecule has 0 bridgehead atoms. The van der Waals surface area contributed by atoms with Crippen molar-refractivity contribution < 1.29 is 71.8 Å². The summed E-state index contributed by atoms with van der Waals surface area (Å²) >= 11 is 0. The molecule has 364 valence electrons. The molecule has 0 rings (SSSR count). The summed E-state index contributed by atoms with van der Waals surface area (Å²) < 4.78 is 47.7. The fraction of sp³-hybridized carbons (Fsp3) is 0.696. The second-order valence-electron chi connectivity index (χ2n) is 15.4. The second kappa shape index (κ2) is 40.9. The molecule has 0 aromatic heterocycles. The molecule has 15 nitrogen and oxygen atoms in total. The molecule has 0 heterocycles. The van der Waals surface area contributed by atoms with Gasteiger partial charge in [-0.25, -0.2) is 9.13 Å². The van der Waals surface area contributed by atoms with Crippen LogP contribution in [0.15, 0.2) is 72.9 Å². The molecule has 0 aliphatic carbocycles. The minimum absolute atomic E-state index is 0.0563. The van der Waals surface area contributed by atoms with E-state index in [1.54, 1.807) is 42.5 Å². The topological polar surface area (TPSA) is 236 Å². The first-order valence-electron chi connectivity index (χ1n) is 22.9. The summed E-state index contributed by atoms with van der Waals surface area (Å²) in [5, 5.41) is 29.8. The summed E-state index contributed by atoms with van der Waals surface area (Å²) in [6.07, 6.45) is 38.2. The van der Waals surface area contributed by atoms with Crippen LogP contribution >= 0.6 is 15.6 Å². The Balaban J connectivity index is 4.74. The SMILES string of the molecule is CC/C=C\C[C@H](O)/C=C/C=C\C/C=C\C=C\[C@H](O)/C=C\CCCC(=O)O[C@H](COC(=O)CCCCCCCCCCCCCCCCC)COP(=O)(O)OC[C@@H](O)COP(=O)(O)O. The number of carbonyl (C=O) groups is 2. The van der Waals surface area contributed by atoms with Gasteiger partial charge in [-0.05, 0) is 38.5 Å². The molecule has 63 heavy (non-hydrogen) atoms. The molecule has 17 heteroatoms. The van der Waals surface area contributed by atoms with Crippen molar-refractivity contribution in [3.63, 3.8) is 0 Å². The van der Waals surface area contributed by atoms with Gasteiger partial charge in [-0.2, -0.15) is 0 Å². The number of allylic oxidation sites excluding steroid dienone is 8. The van der Waals surface area contributed by atoms with E-state index in [0.717, 1.165) is 25.7 Å². The average molecular weight is 935 g/mol. The van der Waals surface area contributed by atoms with Crippen molar-refractivity contribution in [1.29, 1.82) is 0 Å². The molecular weight excluding hydrogens is 854 g/mol. The third-order valence-corrected chi connectivity index (χ3v) is 10.7. The molecule has 0 amide bonds. The van der Waals surface area contributed by atoms with Gasteiger partial charge in [-0.1, -0.05) is 177 Å². The fourth-order valence-electron chi connectivity index (χ4n) is 5.79. The van der Waals surface area contributed by atoms with Gasteiger partial charge in [0, 0.05) is 12.8 Å². The quantitative estimate of drug-likeness (QED) is 0.0110. The molecular formula is C46H80O15P2. The molecule has 0 aromatic rings. The molecule has 0 aliphatic rings. The number of hydrogen-bond acceptors (Lipinski definition) is 12. The Morgan fingerprint density at radius 3 is 1.68 bits per heavy atom. The Morgan fingerprint density at radius 2 is 1.10 bits per heavy atom. The van der Waals surface area contributed by atoms with Crippen LogP contribution in [0.3, 0.4) is 0 Å². The highest BCUT2D eigenvalue weighted by Crippen LogP contribution is 2.43. The highest BCUT2D eigenvalue weighted by molar-refractivity contribution is 7.47. The lowest BCUT2D eigenvalue weighted by molar-refractivity contribution is -0.161. The van der Waals surface area contributed by atoms with Gasteiger partial charge in [-0.3, -0.25) is 23.2 Å². The van der Waals surface area contributed by atoms with E-state index in [0.29, 0.717) is 32.1 Å². The number of ether oxygens (including phenoxy) is 2. The van der Waals surface area contributed by atoms with E-state index in [2.05, 4.69) is 16.0 Å². The van der Waals surface area contributed by atoms with Crippen molar-refractivity contribution in [1.82, 2.24) is 0 Å². The van der Waals surface area contributed by atoms with E-state index < -0.39 is 78.4 Å². The molecule has 0 saturated carbocycles. The molecule has 0 aromatic carbocycles. The van der Waals surface area contributed by atoms with Crippen molar-refractivity contribution in [2.45, 2.75) is 180 Å². The van der Waals surface area contributed by atoms with Crippen LogP contribution in [-0.4, -0.2) is 92.8 Å². The zero-order valence-corrected chi connectivity index (χ0v) is 39.7. The van der Waals surface area contributed by atoms with Crippen LogP contribution in [0, 0.1) is 0 Å². The molecule has 6 N–H and O–H groups in total.